The lowest BCUT2D eigenvalue weighted by molar-refractivity contribution is -0.142. The molecule has 0 spiro atoms. The zero-order valence-electron chi connectivity index (χ0n) is 37.5. The molecule has 63 heavy (non-hydrogen) atoms. The van der Waals surface area contributed by atoms with Gasteiger partial charge in [-0.05, 0) is 81.8 Å². The summed E-state index contributed by atoms with van der Waals surface area (Å²) in [5.41, 5.74) is -0.119. The highest BCUT2D eigenvalue weighted by Crippen LogP contribution is 2.52. The van der Waals surface area contributed by atoms with Crippen molar-refractivity contribution in [1.82, 2.24) is 30.4 Å². The fourth-order valence-electron chi connectivity index (χ4n) is 9.59. The molecule has 2 aliphatic heterocycles. The summed E-state index contributed by atoms with van der Waals surface area (Å²) < 4.78 is 24.4. The summed E-state index contributed by atoms with van der Waals surface area (Å²) in [6.45, 7) is 17.4. The normalized spacial score (nSPS) is 27.2. The number of nitrogens with one attached hydrogen (secondary N) is 3. The lowest BCUT2D eigenvalue weighted by atomic mass is 9.85. The van der Waals surface area contributed by atoms with Crippen molar-refractivity contribution in [2.75, 3.05) is 51.3 Å². The van der Waals surface area contributed by atoms with E-state index in [1.807, 2.05) is 59.1 Å². The minimum atomic E-state index is -1.02. The molecular weight excluding hydrogens is 846 g/mol. The summed E-state index contributed by atoms with van der Waals surface area (Å²) in [6.07, 6.45) is 2.78. The second-order valence-corrected chi connectivity index (χ2v) is 20.7. The van der Waals surface area contributed by atoms with E-state index in [4.69, 9.17) is 40.5 Å². The molecule has 0 radical (unpaired) electrons. The Morgan fingerprint density at radius 2 is 1.76 bits per heavy atom. The van der Waals surface area contributed by atoms with Crippen LogP contribution in [0.4, 0.5) is 9.93 Å². The number of carbonyl (C=O) groups is 4. The number of ether oxygens (including phenoxy) is 4. The Labute approximate surface area is 378 Å². The summed E-state index contributed by atoms with van der Waals surface area (Å²) in [5, 5.41) is 12.9. The first-order valence-electron chi connectivity index (χ1n) is 22.6. The monoisotopic (exact) mass is 907 g/mol. The number of pyridine rings is 1. The van der Waals surface area contributed by atoms with Crippen molar-refractivity contribution in [2.24, 2.45) is 23.2 Å². The predicted octanol–water partition coefficient (Wildman–Crippen LogP) is 6.70. The number of carbonyl (C=O) groups excluding carboxylic acids is 4. The van der Waals surface area contributed by atoms with E-state index in [0.29, 0.717) is 76.9 Å². The molecule has 3 amide bonds. The number of ketones is 1. The average Bonchev–Trinajstić information content (AvgIpc) is 3.91. The van der Waals surface area contributed by atoms with Gasteiger partial charge in [-0.25, -0.2) is 14.8 Å². The van der Waals surface area contributed by atoms with E-state index in [-0.39, 0.29) is 36.8 Å². The van der Waals surface area contributed by atoms with Gasteiger partial charge in [0.25, 0.3) is 0 Å². The Bertz CT molecular complexity index is 2200. The van der Waals surface area contributed by atoms with Gasteiger partial charge in [0.2, 0.25) is 11.8 Å². The summed E-state index contributed by atoms with van der Waals surface area (Å²) >= 11 is 8.59. The highest BCUT2D eigenvalue weighted by atomic mass is 35.5. The first kappa shape index (κ1) is 45.3. The standard InChI is InChI=1S/C46H62ClN7O8S/c1-8-29-22-46(29,26(4)55)52-41(56)35-20-31(23-54(35)42(57)40(45(5,6)7)51-44(58)62-30-18-27-17-28(27)19-30)61-37-21-33(34-24-63-43(50-34)48-25(2)3)49-39-32(37)9-10-36(38(39)47)60-16-13-53-11-14-59-15-12-53/h9-10,21,24-25,27-31,35,40H,8,11-20,22-23H2,1-7H3,(H,48,50)(H,51,58)(H,52,56)/t27-,28+,29?,30?,31-,35+,40-,46+/m1/s1. The van der Waals surface area contributed by atoms with E-state index in [0.717, 1.165) is 44.0 Å². The third-order valence-corrected chi connectivity index (χ3v) is 14.5. The predicted molar refractivity (Wildman–Crippen MR) is 241 cm³/mol. The van der Waals surface area contributed by atoms with E-state index < -0.39 is 47.0 Å². The maximum Gasteiger partial charge on any atom is 0.408 e. The van der Waals surface area contributed by atoms with Crippen LogP contribution in [-0.2, 0) is 23.9 Å². The second-order valence-electron chi connectivity index (χ2n) is 19.4. The smallest absolute Gasteiger partial charge is 0.408 e. The van der Waals surface area contributed by atoms with Crippen molar-refractivity contribution < 1.29 is 38.1 Å². The lowest BCUT2D eigenvalue weighted by Gasteiger charge is -2.35. The fourth-order valence-corrected chi connectivity index (χ4v) is 10.7. The summed E-state index contributed by atoms with van der Waals surface area (Å²) in [4.78, 5) is 69.3. The number of alkyl carbamates (subject to hydrolysis) is 1. The summed E-state index contributed by atoms with van der Waals surface area (Å²) in [6, 6.07) is 3.64. The number of nitrogens with zero attached hydrogens (tertiary/aromatic N) is 4. The first-order valence-corrected chi connectivity index (χ1v) is 23.8. The van der Waals surface area contributed by atoms with E-state index >= 15 is 0 Å². The number of rotatable bonds is 16. The molecule has 2 aromatic heterocycles. The number of benzene rings is 1. The van der Waals surface area contributed by atoms with E-state index in [9.17, 15) is 19.2 Å². The molecule has 3 N–H and O–H groups in total. The molecule has 342 valence electrons. The molecule has 5 aliphatic rings. The largest absolute Gasteiger partial charge is 0.491 e. The molecule has 8 rings (SSSR count). The molecule has 3 aliphatic carbocycles. The lowest BCUT2D eigenvalue weighted by Crippen LogP contribution is -2.59. The van der Waals surface area contributed by atoms with Gasteiger partial charge < -0.3 is 39.8 Å². The zero-order valence-corrected chi connectivity index (χ0v) is 39.0. The van der Waals surface area contributed by atoms with Crippen LogP contribution in [0.25, 0.3) is 22.3 Å². The third-order valence-electron chi connectivity index (χ3n) is 13.4. The van der Waals surface area contributed by atoms with E-state index in [1.54, 1.807) is 6.07 Å². The number of fused-ring (bicyclic) bond motifs is 2. The average molecular weight is 909 g/mol. The Kier molecular flexibility index (Phi) is 13.2. The van der Waals surface area contributed by atoms with Crippen LogP contribution in [0.1, 0.15) is 87.0 Å². The molecule has 17 heteroatoms. The molecule has 2 unspecified atom stereocenters. The molecule has 4 heterocycles. The van der Waals surface area contributed by atoms with Gasteiger partial charge in [0.15, 0.2) is 10.9 Å². The van der Waals surface area contributed by atoms with Gasteiger partial charge in [-0.15, -0.1) is 11.3 Å². The second kappa shape index (κ2) is 18.3. The number of thiazole rings is 1. The van der Waals surface area contributed by atoms with Crippen LogP contribution in [0.15, 0.2) is 23.6 Å². The van der Waals surface area contributed by atoms with Crippen LogP contribution in [0.3, 0.4) is 0 Å². The van der Waals surface area contributed by atoms with Crippen LogP contribution < -0.4 is 25.4 Å². The number of morpholine rings is 1. The maximum absolute atomic E-state index is 14.9. The highest BCUT2D eigenvalue weighted by Gasteiger charge is 2.59. The highest BCUT2D eigenvalue weighted by molar-refractivity contribution is 7.14. The Balaban J connectivity index is 1.09. The minimum absolute atomic E-state index is 0.0125. The van der Waals surface area contributed by atoms with Gasteiger partial charge in [0.1, 0.15) is 58.7 Å². The van der Waals surface area contributed by atoms with Crippen LogP contribution in [0.5, 0.6) is 11.5 Å². The van der Waals surface area contributed by atoms with Gasteiger partial charge in [-0.3, -0.25) is 19.3 Å². The molecule has 8 atom stereocenters. The van der Waals surface area contributed by atoms with Crippen molar-refractivity contribution in [1.29, 1.82) is 0 Å². The van der Waals surface area contributed by atoms with Crippen LogP contribution >= 0.6 is 22.9 Å². The SMILES string of the molecule is CCC1C[C@]1(NC(=O)[C@@H]1C[C@@H](Oc2cc(-c3csc(NC(C)C)n3)nc3c(Cl)c(OCCN4CCOCC4)ccc23)CN1C(=O)[C@@H](NC(=O)OC1C[C@@H]2C[C@@H]2C1)C(C)(C)C)C(C)=O. The number of hydrogen-bond acceptors (Lipinski definition) is 13. The maximum atomic E-state index is 14.9. The van der Waals surface area contributed by atoms with E-state index in [1.165, 1.54) is 29.6 Å². The van der Waals surface area contributed by atoms with Crippen LogP contribution in [-0.4, -0.2) is 125 Å². The minimum Gasteiger partial charge on any atom is -0.491 e. The van der Waals surface area contributed by atoms with Gasteiger partial charge in [-0.2, -0.15) is 0 Å². The number of anilines is 1. The Morgan fingerprint density at radius 1 is 1.02 bits per heavy atom. The molecule has 5 fully saturated rings. The molecule has 0 bridgehead atoms. The molecule has 1 aromatic carbocycles. The molecule has 3 aromatic rings. The number of halogens is 1. The summed E-state index contributed by atoms with van der Waals surface area (Å²) in [7, 11) is 0. The molecular formula is C46H62ClN7O8S. The third kappa shape index (κ3) is 10.0. The fraction of sp³-hybridized carbons (Fsp3) is 0.652. The van der Waals surface area contributed by atoms with Crippen LogP contribution in [0.2, 0.25) is 5.02 Å². The Hall–Kier alpha value is -4.25. The van der Waals surface area contributed by atoms with Crippen molar-refractivity contribution in [3.63, 3.8) is 0 Å². The number of amides is 3. The zero-order chi connectivity index (χ0) is 44.8. The molecule has 15 nitrogen and oxygen atoms in total. The number of aromatic nitrogens is 2. The van der Waals surface area contributed by atoms with Gasteiger partial charge >= 0.3 is 6.09 Å². The first-order chi connectivity index (χ1) is 30.0. The van der Waals surface area contributed by atoms with Crippen LogP contribution in [0, 0.1) is 23.2 Å². The van der Waals surface area contributed by atoms with Crippen molar-refractivity contribution in [3.8, 4) is 22.9 Å². The van der Waals surface area contributed by atoms with Crippen molar-refractivity contribution >= 4 is 62.7 Å². The number of Topliss-reactive ketones (excluding diaryl/α,β-unsaturated/α-hetero) is 1. The van der Waals surface area contributed by atoms with Crippen molar-refractivity contribution in [2.45, 2.75) is 123 Å². The van der Waals surface area contributed by atoms with Gasteiger partial charge in [0.05, 0.1) is 31.0 Å². The van der Waals surface area contributed by atoms with Gasteiger partial charge in [-0.1, -0.05) is 45.7 Å². The van der Waals surface area contributed by atoms with Crippen molar-refractivity contribution in [3.05, 3.63) is 28.6 Å². The van der Waals surface area contributed by atoms with Gasteiger partial charge in [0, 0.05) is 48.9 Å². The topological polar surface area (TPSA) is 174 Å². The quantitative estimate of drug-likeness (QED) is 0.139. The number of likely N-dealkylation sites (tertiary alicyclic amines) is 1. The number of hydrogen-bond donors (Lipinski definition) is 3. The Morgan fingerprint density at radius 3 is 2.43 bits per heavy atom. The molecule has 3 saturated carbocycles. The summed E-state index contributed by atoms with van der Waals surface area (Å²) in [5.74, 6) is 1.19. The molecule has 2 saturated heterocycles. The van der Waals surface area contributed by atoms with E-state index in [2.05, 4.69) is 20.9 Å².